The molecule has 0 atom stereocenters. The van der Waals surface area contributed by atoms with Gasteiger partial charge in [-0.05, 0) is 47.9 Å². The molecule has 0 fully saturated rings. The molecular formula is C16H16. The van der Waals surface area contributed by atoms with Crippen molar-refractivity contribution in [3.8, 4) is 0 Å². The van der Waals surface area contributed by atoms with Gasteiger partial charge in [-0.15, -0.1) is 0 Å². The Morgan fingerprint density at radius 1 is 0.812 bits per heavy atom. The molecule has 3 rings (SSSR count). The van der Waals surface area contributed by atoms with E-state index in [2.05, 4.69) is 48.5 Å². The van der Waals surface area contributed by atoms with Crippen LogP contribution in [-0.4, -0.2) is 0 Å². The average Bonchev–Trinajstić information content (AvgIpc) is 2.80. The van der Waals surface area contributed by atoms with Crippen LogP contribution in [0.5, 0.6) is 0 Å². The molecule has 0 heteroatoms. The number of rotatable bonds is 2. The van der Waals surface area contributed by atoms with Crippen molar-refractivity contribution in [1.82, 2.24) is 0 Å². The molecule has 0 unspecified atom stereocenters. The van der Waals surface area contributed by atoms with Gasteiger partial charge in [0.15, 0.2) is 0 Å². The summed E-state index contributed by atoms with van der Waals surface area (Å²) in [7, 11) is 0. The van der Waals surface area contributed by atoms with Crippen molar-refractivity contribution in [2.45, 2.75) is 25.7 Å². The highest BCUT2D eigenvalue weighted by Gasteiger charge is 2.13. The van der Waals surface area contributed by atoms with Crippen molar-refractivity contribution in [3.63, 3.8) is 0 Å². The van der Waals surface area contributed by atoms with E-state index in [0.29, 0.717) is 0 Å². The smallest absolute Gasteiger partial charge is 0.00229 e. The van der Waals surface area contributed by atoms with Crippen LogP contribution in [0.3, 0.4) is 0 Å². The maximum atomic E-state index is 2.29. The van der Waals surface area contributed by atoms with Crippen LogP contribution in [0.4, 0.5) is 0 Å². The van der Waals surface area contributed by atoms with E-state index in [4.69, 9.17) is 0 Å². The number of hydrogen-bond acceptors (Lipinski definition) is 0. The lowest BCUT2D eigenvalue weighted by atomic mass is 9.97. The maximum absolute atomic E-state index is 2.29. The fourth-order valence-corrected chi connectivity index (χ4v) is 2.68. The monoisotopic (exact) mass is 208 g/mol. The standard InChI is InChI=1S/C16H16/c1-2-6-13(7-3-1)12-15-10-4-8-14-9-5-11-16(14)15/h1-4,6-8,10H,5,9,11-12H2. The summed E-state index contributed by atoms with van der Waals surface area (Å²) in [6.45, 7) is 0. The van der Waals surface area contributed by atoms with Gasteiger partial charge in [-0.2, -0.15) is 0 Å². The lowest BCUT2D eigenvalue weighted by Gasteiger charge is -2.08. The normalized spacial score (nSPS) is 13.8. The fraction of sp³-hybridized carbons (Fsp3) is 0.250. The minimum absolute atomic E-state index is 1.09. The Kier molecular flexibility index (Phi) is 2.49. The highest BCUT2D eigenvalue weighted by Crippen LogP contribution is 2.26. The fourth-order valence-electron chi connectivity index (χ4n) is 2.68. The second kappa shape index (κ2) is 4.13. The van der Waals surface area contributed by atoms with Crippen LogP contribution in [0.15, 0.2) is 48.5 Å². The quantitative estimate of drug-likeness (QED) is 0.704. The SMILES string of the molecule is c1ccc(Cc2cccc3c2CCC3)cc1. The molecule has 2 aromatic rings. The van der Waals surface area contributed by atoms with Crippen molar-refractivity contribution >= 4 is 0 Å². The van der Waals surface area contributed by atoms with E-state index < -0.39 is 0 Å². The van der Waals surface area contributed by atoms with Crippen LogP contribution in [-0.2, 0) is 19.3 Å². The number of benzene rings is 2. The maximum Gasteiger partial charge on any atom is -0.00229 e. The van der Waals surface area contributed by atoms with Gasteiger partial charge in [-0.25, -0.2) is 0 Å². The Bertz CT molecular complexity index is 483. The van der Waals surface area contributed by atoms with Crippen molar-refractivity contribution in [3.05, 3.63) is 70.8 Å². The lowest BCUT2D eigenvalue weighted by molar-refractivity contribution is 0.907. The van der Waals surface area contributed by atoms with Crippen LogP contribution in [0.25, 0.3) is 0 Å². The number of fused-ring (bicyclic) bond motifs is 1. The van der Waals surface area contributed by atoms with E-state index in [1.54, 1.807) is 11.1 Å². The summed E-state index contributed by atoms with van der Waals surface area (Å²) in [6, 6.07) is 17.6. The minimum atomic E-state index is 1.09. The Balaban J connectivity index is 1.94. The van der Waals surface area contributed by atoms with Gasteiger partial charge in [0.2, 0.25) is 0 Å². The first-order valence-corrected chi connectivity index (χ1v) is 6.07. The van der Waals surface area contributed by atoms with Crippen molar-refractivity contribution in [2.24, 2.45) is 0 Å². The van der Waals surface area contributed by atoms with E-state index in [1.165, 1.54) is 30.4 Å². The third kappa shape index (κ3) is 1.76. The molecule has 0 bridgehead atoms. The molecule has 0 saturated heterocycles. The van der Waals surface area contributed by atoms with Gasteiger partial charge in [-0.1, -0.05) is 48.5 Å². The van der Waals surface area contributed by atoms with E-state index in [1.807, 2.05) is 0 Å². The van der Waals surface area contributed by atoms with Crippen LogP contribution in [0, 0.1) is 0 Å². The van der Waals surface area contributed by atoms with Gasteiger partial charge < -0.3 is 0 Å². The molecule has 1 aliphatic rings. The number of aryl methyl sites for hydroxylation is 1. The highest BCUT2D eigenvalue weighted by molar-refractivity contribution is 5.41. The van der Waals surface area contributed by atoms with Crippen molar-refractivity contribution in [2.75, 3.05) is 0 Å². The molecule has 0 nitrogen and oxygen atoms in total. The van der Waals surface area contributed by atoms with E-state index in [0.717, 1.165) is 6.42 Å². The van der Waals surface area contributed by atoms with E-state index in [-0.39, 0.29) is 0 Å². The van der Waals surface area contributed by atoms with Crippen LogP contribution >= 0.6 is 0 Å². The van der Waals surface area contributed by atoms with Crippen LogP contribution in [0.2, 0.25) is 0 Å². The summed E-state index contributed by atoms with van der Waals surface area (Å²) in [5, 5.41) is 0. The van der Waals surface area contributed by atoms with Gasteiger partial charge in [0.1, 0.15) is 0 Å². The first-order chi connectivity index (χ1) is 7.93. The predicted molar refractivity (Wildman–Crippen MR) is 67.7 cm³/mol. The molecule has 0 amide bonds. The summed E-state index contributed by atoms with van der Waals surface area (Å²) in [4.78, 5) is 0. The molecule has 2 aromatic carbocycles. The molecular weight excluding hydrogens is 192 g/mol. The zero-order valence-corrected chi connectivity index (χ0v) is 9.45. The van der Waals surface area contributed by atoms with Gasteiger partial charge in [-0.3, -0.25) is 0 Å². The molecule has 80 valence electrons. The van der Waals surface area contributed by atoms with Gasteiger partial charge in [0, 0.05) is 0 Å². The number of hydrogen-bond donors (Lipinski definition) is 0. The Morgan fingerprint density at radius 3 is 2.56 bits per heavy atom. The van der Waals surface area contributed by atoms with Crippen molar-refractivity contribution in [1.29, 1.82) is 0 Å². The third-order valence-electron chi connectivity index (χ3n) is 3.48. The first kappa shape index (κ1) is 9.65. The van der Waals surface area contributed by atoms with Crippen LogP contribution in [0.1, 0.15) is 28.7 Å². The molecule has 1 aliphatic carbocycles. The van der Waals surface area contributed by atoms with Gasteiger partial charge >= 0.3 is 0 Å². The molecule has 0 radical (unpaired) electrons. The highest BCUT2D eigenvalue weighted by atomic mass is 14.2. The van der Waals surface area contributed by atoms with Gasteiger partial charge in [0.25, 0.3) is 0 Å². The molecule has 0 aromatic heterocycles. The largest absolute Gasteiger partial charge is 0.0622 e. The zero-order chi connectivity index (χ0) is 10.8. The van der Waals surface area contributed by atoms with E-state index >= 15 is 0 Å². The second-order valence-corrected chi connectivity index (χ2v) is 4.57. The topological polar surface area (TPSA) is 0 Å². The summed E-state index contributed by atoms with van der Waals surface area (Å²) in [5.74, 6) is 0. The van der Waals surface area contributed by atoms with Crippen molar-refractivity contribution < 1.29 is 0 Å². The molecule has 0 saturated carbocycles. The molecule has 0 N–H and O–H groups in total. The Labute approximate surface area is 96.9 Å². The lowest BCUT2D eigenvalue weighted by Crippen LogP contribution is -1.94. The third-order valence-corrected chi connectivity index (χ3v) is 3.48. The average molecular weight is 208 g/mol. The Hall–Kier alpha value is -1.56. The molecule has 0 heterocycles. The predicted octanol–water partition coefficient (Wildman–Crippen LogP) is 3.77. The second-order valence-electron chi connectivity index (χ2n) is 4.57. The Morgan fingerprint density at radius 2 is 1.69 bits per heavy atom. The molecule has 16 heavy (non-hydrogen) atoms. The summed E-state index contributed by atoms with van der Waals surface area (Å²) < 4.78 is 0. The summed E-state index contributed by atoms with van der Waals surface area (Å²) >= 11 is 0. The van der Waals surface area contributed by atoms with Gasteiger partial charge in [0.05, 0.1) is 0 Å². The van der Waals surface area contributed by atoms with E-state index in [9.17, 15) is 0 Å². The van der Waals surface area contributed by atoms with Crippen LogP contribution < -0.4 is 0 Å². The zero-order valence-electron chi connectivity index (χ0n) is 9.45. The summed E-state index contributed by atoms with van der Waals surface area (Å²) in [6.07, 6.45) is 4.97. The first-order valence-electron chi connectivity index (χ1n) is 6.07. The molecule has 0 aliphatic heterocycles. The molecule has 0 spiro atoms. The minimum Gasteiger partial charge on any atom is -0.0622 e. The summed E-state index contributed by atoms with van der Waals surface area (Å²) in [5.41, 5.74) is 6.14.